The first-order chi connectivity index (χ1) is 11.3. The summed E-state index contributed by atoms with van der Waals surface area (Å²) in [5.41, 5.74) is 15.5. The molecule has 3 heterocycles. The minimum absolute atomic E-state index is 0.556. The summed E-state index contributed by atoms with van der Waals surface area (Å²) >= 11 is 1.73. The molecule has 5 N–H and O–H groups in total. The van der Waals surface area contributed by atoms with Gasteiger partial charge in [0.25, 0.3) is 0 Å². The van der Waals surface area contributed by atoms with Crippen molar-refractivity contribution < 1.29 is 0 Å². The van der Waals surface area contributed by atoms with Crippen LogP contribution in [0.4, 0.5) is 5.69 Å². The summed E-state index contributed by atoms with van der Waals surface area (Å²) in [6.07, 6.45) is 1.81. The lowest BCUT2D eigenvalue weighted by Gasteiger charge is -2.18. The molecular weight excluding hydrogens is 308 g/mol. The highest BCUT2D eigenvalue weighted by Crippen LogP contribution is 2.49. The van der Waals surface area contributed by atoms with Crippen molar-refractivity contribution >= 4 is 28.4 Å². The van der Waals surface area contributed by atoms with Gasteiger partial charge >= 0.3 is 0 Å². The second-order valence-electron chi connectivity index (χ2n) is 5.36. The molecule has 0 saturated heterocycles. The number of benzene rings is 1. The molecule has 0 saturated carbocycles. The Hall–Kier alpha value is -2.09. The van der Waals surface area contributed by atoms with Crippen LogP contribution in [0.1, 0.15) is 0 Å². The smallest absolute Gasteiger partial charge is 0.121 e. The highest BCUT2D eigenvalue weighted by molar-refractivity contribution is 8.00. The number of anilines is 1. The molecule has 0 atom stereocenters. The Balaban J connectivity index is 1.98. The van der Waals surface area contributed by atoms with Crippen molar-refractivity contribution in [2.24, 2.45) is 11.5 Å². The van der Waals surface area contributed by atoms with Crippen LogP contribution in [0.15, 0.2) is 40.3 Å². The number of rotatable bonds is 5. The van der Waals surface area contributed by atoms with Gasteiger partial charge in [-0.05, 0) is 24.3 Å². The van der Waals surface area contributed by atoms with Crippen LogP contribution >= 0.6 is 11.8 Å². The van der Waals surface area contributed by atoms with Crippen molar-refractivity contribution in [1.82, 2.24) is 14.8 Å². The maximum atomic E-state index is 5.74. The van der Waals surface area contributed by atoms with Crippen molar-refractivity contribution in [3.63, 3.8) is 0 Å². The number of hydrogen-bond donors (Lipinski definition) is 3. The molecule has 4 rings (SSSR count). The van der Waals surface area contributed by atoms with Gasteiger partial charge in [-0.15, -0.1) is 0 Å². The van der Waals surface area contributed by atoms with E-state index >= 15 is 0 Å². The SMILES string of the molecule is NCCNc1ccc2c3c(nn2CCN)-c2ncccc2Sc13. The Morgan fingerprint density at radius 1 is 1.13 bits per heavy atom. The average Bonchev–Trinajstić information content (AvgIpc) is 2.95. The maximum absolute atomic E-state index is 5.74. The van der Waals surface area contributed by atoms with Crippen molar-refractivity contribution in [3.8, 4) is 11.4 Å². The number of pyridine rings is 1. The first-order valence-corrected chi connectivity index (χ1v) is 8.46. The van der Waals surface area contributed by atoms with E-state index in [9.17, 15) is 0 Å². The molecule has 7 heteroatoms. The predicted molar refractivity (Wildman–Crippen MR) is 93.7 cm³/mol. The van der Waals surface area contributed by atoms with E-state index in [1.54, 1.807) is 11.8 Å². The molecule has 0 aliphatic carbocycles. The molecular formula is C16H18N6S. The second-order valence-corrected chi connectivity index (χ2v) is 6.42. The lowest BCUT2D eigenvalue weighted by Crippen LogP contribution is -2.14. The largest absolute Gasteiger partial charge is 0.383 e. The predicted octanol–water partition coefficient (Wildman–Crippen LogP) is 1.89. The molecule has 6 nitrogen and oxygen atoms in total. The second kappa shape index (κ2) is 5.84. The number of nitrogens with zero attached hydrogens (tertiary/aromatic N) is 3. The Labute approximate surface area is 138 Å². The highest BCUT2D eigenvalue weighted by Gasteiger charge is 2.26. The summed E-state index contributed by atoms with van der Waals surface area (Å²) in [4.78, 5) is 6.86. The molecule has 1 aromatic carbocycles. The molecule has 23 heavy (non-hydrogen) atoms. The minimum Gasteiger partial charge on any atom is -0.383 e. The number of nitrogens with one attached hydrogen (secondary N) is 1. The summed E-state index contributed by atoms with van der Waals surface area (Å²) in [6.45, 7) is 2.59. The molecule has 3 aromatic rings. The quantitative estimate of drug-likeness (QED) is 0.518. The van der Waals surface area contributed by atoms with Crippen LogP contribution in [0.25, 0.3) is 22.3 Å². The number of nitrogens with two attached hydrogens (primary N) is 2. The molecule has 0 radical (unpaired) electrons. The van der Waals surface area contributed by atoms with E-state index in [0.717, 1.165) is 39.4 Å². The third-order valence-electron chi connectivity index (χ3n) is 3.88. The molecule has 118 valence electrons. The monoisotopic (exact) mass is 326 g/mol. The maximum Gasteiger partial charge on any atom is 0.121 e. The van der Waals surface area contributed by atoms with Crippen molar-refractivity contribution in [2.75, 3.05) is 25.0 Å². The zero-order valence-electron chi connectivity index (χ0n) is 12.6. The van der Waals surface area contributed by atoms with Gasteiger partial charge in [-0.1, -0.05) is 11.8 Å². The van der Waals surface area contributed by atoms with Crippen LogP contribution in [0, 0.1) is 0 Å². The van der Waals surface area contributed by atoms with Gasteiger partial charge in [0.05, 0.1) is 12.1 Å². The topological polar surface area (TPSA) is 94.8 Å². The fourth-order valence-corrected chi connectivity index (χ4v) is 4.08. The van der Waals surface area contributed by atoms with Gasteiger partial charge in [-0.25, -0.2) is 0 Å². The molecule has 0 fully saturated rings. The van der Waals surface area contributed by atoms with E-state index in [2.05, 4.69) is 28.5 Å². The molecule has 0 spiro atoms. The minimum atomic E-state index is 0.556. The summed E-state index contributed by atoms with van der Waals surface area (Å²) in [5.74, 6) is 0. The third-order valence-corrected chi connectivity index (χ3v) is 5.06. The van der Waals surface area contributed by atoms with Gasteiger partial charge < -0.3 is 16.8 Å². The van der Waals surface area contributed by atoms with Crippen molar-refractivity contribution in [3.05, 3.63) is 30.5 Å². The zero-order valence-corrected chi connectivity index (χ0v) is 13.4. The number of aromatic nitrogens is 3. The molecule has 2 aromatic heterocycles. The van der Waals surface area contributed by atoms with Crippen LogP contribution < -0.4 is 16.8 Å². The van der Waals surface area contributed by atoms with Crippen LogP contribution in [0.3, 0.4) is 0 Å². The highest BCUT2D eigenvalue weighted by atomic mass is 32.2. The van der Waals surface area contributed by atoms with E-state index in [4.69, 9.17) is 16.6 Å². The summed E-state index contributed by atoms with van der Waals surface area (Å²) in [6, 6.07) is 8.24. The Kier molecular flexibility index (Phi) is 3.68. The van der Waals surface area contributed by atoms with Crippen LogP contribution in [-0.4, -0.2) is 34.4 Å². The summed E-state index contributed by atoms with van der Waals surface area (Å²) < 4.78 is 1.98. The third kappa shape index (κ3) is 2.28. The molecule has 0 amide bonds. The van der Waals surface area contributed by atoms with Gasteiger partial charge in [-0.3, -0.25) is 9.67 Å². The van der Waals surface area contributed by atoms with E-state index in [1.165, 1.54) is 4.90 Å². The summed E-state index contributed by atoms with van der Waals surface area (Å²) in [5, 5.41) is 9.34. The van der Waals surface area contributed by atoms with Crippen LogP contribution in [0.2, 0.25) is 0 Å². The Morgan fingerprint density at radius 3 is 2.87 bits per heavy atom. The van der Waals surface area contributed by atoms with Gasteiger partial charge in [-0.2, -0.15) is 5.10 Å². The first-order valence-electron chi connectivity index (χ1n) is 7.64. The molecule has 1 aliphatic heterocycles. The van der Waals surface area contributed by atoms with E-state index in [-0.39, 0.29) is 0 Å². The lowest BCUT2D eigenvalue weighted by molar-refractivity contribution is 0.647. The van der Waals surface area contributed by atoms with Gasteiger partial charge in [0, 0.05) is 46.7 Å². The number of fused-ring (bicyclic) bond motifs is 2. The number of hydrogen-bond acceptors (Lipinski definition) is 6. The average molecular weight is 326 g/mol. The van der Waals surface area contributed by atoms with E-state index in [1.807, 2.05) is 16.9 Å². The van der Waals surface area contributed by atoms with Gasteiger partial charge in [0.15, 0.2) is 0 Å². The summed E-state index contributed by atoms with van der Waals surface area (Å²) in [7, 11) is 0. The van der Waals surface area contributed by atoms with Crippen LogP contribution in [-0.2, 0) is 6.54 Å². The standard InChI is InChI=1S/C16H18N6S/c17-5-8-19-10-3-4-11-13-15(21-22(11)9-6-18)14-12(23-16(10)13)2-1-7-20-14/h1-4,7,19H,5-6,8-9,17-18H2. The zero-order chi connectivity index (χ0) is 15.8. The van der Waals surface area contributed by atoms with E-state index < -0.39 is 0 Å². The lowest BCUT2D eigenvalue weighted by atomic mass is 10.1. The molecule has 0 unspecified atom stereocenters. The van der Waals surface area contributed by atoms with Crippen molar-refractivity contribution in [1.29, 1.82) is 0 Å². The van der Waals surface area contributed by atoms with Gasteiger partial charge in [0.1, 0.15) is 11.4 Å². The van der Waals surface area contributed by atoms with Crippen LogP contribution in [0.5, 0.6) is 0 Å². The normalized spacial score (nSPS) is 12.4. The first kappa shape index (κ1) is 14.5. The fraction of sp³-hybridized carbons (Fsp3) is 0.250. The molecule has 0 bridgehead atoms. The Bertz CT molecular complexity index is 872. The van der Waals surface area contributed by atoms with E-state index in [0.29, 0.717) is 19.6 Å². The van der Waals surface area contributed by atoms with Crippen molar-refractivity contribution in [2.45, 2.75) is 16.3 Å². The van der Waals surface area contributed by atoms with Gasteiger partial charge in [0.2, 0.25) is 0 Å². The Morgan fingerprint density at radius 2 is 2.04 bits per heavy atom. The fourth-order valence-electron chi connectivity index (χ4n) is 2.91. The molecule has 1 aliphatic rings.